The number of non-ortho nitro benzene ring substituents is 1. The number of anilines is 1. The molecule has 4 nitrogen and oxygen atoms in total. The van der Waals surface area contributed by atoms with E-state index in [1.165, 1.54) is 6.07 Å². The molecule has 0 aliphatic heterocycles. The number of nitro groups is 1. The second-order valence-corrected chi connectivity index (χ2v) is 4.17. The summed E-state index contributed by atoms with van der Waals surface area (Å²) in [6.07, 6.45) is 3.85. The van der Waals surface area contributed by atoms with Crippen LogP contribution in [0.5, 0.6) is 0 Å². The van der Waals surface area contributed by atoms with Crippen molar-refractivity contribution in [3.63, 3.8) is 0 Å². The Balaban J connectivity index is 2.72. The number of aryl methyl sites for hydroxylation is 1. The molecule has 0 spiro atoms. The Hall–Kier alpha value is -1.84. The summed E-state index contributed by atoms with van der Waals surface area (Å²) in [6.45, 7) is 7.64. The van der Waals surface area contributed by atoms with Gasteiger partial charge in [0.1, 0.15) is 0 Å². The summed E-state index contributed by atoms with van der Waals surface area (Å²) in [5.41, 5.74) is 1.98. The number of rotatable bonds is 6. The van der Waals surface area contributed by atoms with Gasteiger partial charge in [0, 0.05) is 23.9 Å². The maximum atomic E-state index is 10.6. The highest BCUT2D eigenvalue weighted by atomic mass is 16.6. The summed E-state index contributed by atoms with van der Waals surface area (Å²) in [4.78, 5) is 10.2. The van der Waals surface area contributed by atoms with Crippen molar-refractivity contribution in [2.75, 3.05) is 5.32 Å². The Morgan fingerprint density at radius 1 is 1.59 bits per heavy atom. The van der Waals surface area contributed by atoms with E-state index in [4.69, 9.17) is 0 Å². The van der Waals surface area contributed by atoms with E-state index in [9.17, 15) is 10.1 Å². The van der Waals surface area contributed by atoms with Gasteiger partial charge < -0.3 is 5.32 Å². The number of nitrogens with zero attached hydrogens (tertiary/aromatic N) is 1. The molecule has 0 radical (unpaired) electrons. The zero-order valence-electron chi connectivity index (χ0n) is 10.3. The Labute approximate surface area is 101 Å². The van der Waals surface area contributed by atoms with Gasteiger partial charge >= 0.3 is 0 Å². The molecular formula is C13H18N2O2. The van der Waals surface area contributed by atoms with Gasteiger partial charge in [-0.1, -0.05) is 6.08 Å². The van der Waals surface area contributed by atoms with Crippen molar-refractivity contribution in [2.24, 2.45) is 0 Å². The van der Waals surface area contributed by atoms with Gasteiger partial charge in [0.15, 0.2) is 0 Å². The average molecular weight is 234 g/mol. The molecule has 0 fully saturated rings. The minimum absolute atomic E-state index is 0.131. The van der Waals surface area contributed by atoms with E-state index in [-0.39, 0.29) is 10.6 Å². The summed E-state index contributed by atoms with van der Waals surface area (Å²) in [7, 11) is 0. The van der Waals surface area contributed by atoms with E-state index in [2.05, 4.69) is 18.8 Å². The largest absolute Gasteiger partial charge is 0.382 e. The Morgan fingerprint density at radius 3 is 2.82 bits per heavy atom. The maximum Gasteiger partial charge on any atom is 0.269 e. The van der Waals surface area contributed by atoms with Crippen molar-refractivity contribution in [3.05, 3.63) is 46.5 Å². The molecule has 0 saturated carbocycles. The summed E-state index contributed by atoms with van der Waals surface area (Å²) in [5.74, 6) is 0. The van der Waals surface area contributed by atoms with Crippen molar-refractivity contribution in [1.82, 2.24) is 0 Å². The maximum absolute atomic E-state index is 10.6. The smallest absolute Gasteiger partial charge is 0.269 e. The summed E-state index contributed by atoms with van der Waals surface area (Å²) < 4.78 is 0. The molecule has 0 bridgehead atoms. The van der Waals surface area contributed by atoms with E-state index in [0.717, 1.165) is 24.1 Å². The van der Waals surface area contributed by atoms with Crippen LogP contribution in [0.25, 0.3) is 0 Å². The van der Waals surface area contributed by atoms with Gasteiger partial charge in [-0.25, -0.2) is 0 Å². The first kappa shape index (κ1) is 13.2. The third-order valence-electron chi connectivity index (χ3n) is 2.63. The standard InChI is InChI=1S/C13H18N2O2/c1-4-5-6-11(3)14-13-8-7-12(15(16)17)9-10(13)2/h4,7-9,11,14H,1,5-6H2,2-3H3. The molecular weight excluding hydrogens is 216 g/mol. The molecule has 17 heavy (non-hydrogen) atoms. The quantitative estimate of drug-likeness (QED) is 0.464. The van der Waals surface area contributed by atoms with Gasteiger partial charge in [0.25, 0.3) is 5.69 Å². The minimum atomic E-state index is -0.377. The van der Waals surface area contributed by atoms with Crippen LogP contribution in [0, 0.1) is 17.0 Å². The topological polar surface area (TPSA) is 55.2 Å². The number of hydrogen-bond acceptors (Lipinski definition) is 3. The third-order valence-corrected chi connectivity index (χ3v) is 2.63. The van der Waals surface area contributed by atoms with Gasteiger partial charge in [-0.3, -0.25) is 10.1 Å². The molecule has 1 aromatic carbocycles. The second-order valence-electron chi connectivity index (χ2n) is 4.17. The number of hydrogen-bond donors (Lipinski definition) is 1. The molecule has 92 valence electrons. The van der Waals surface area contributed by atoms with Crippen molar-refractivity contribution in [3.8, 4) is 0 Å². The summed E-state index contributed by atoms with van der Waals surface area (Å²) in [5, 5.41) is 13.9. The lowest BCUT2D eigenvalue weighted by molar-refractivity contribution is -0.384. The molecule has 1 unspecified atom stereocenters. The first-order chi connectivity index (χ1) is 8.04. The normalized spacial score (nSPS) is 11.9. The van der Waals surface area contributed by atoms with Gasteiger partial charge in [-0.15, -0.1) is 6.58 Å². The number of benzene rings is 1. The van der Waals surface area contributed by atoms with Crippen LogP contribution in [0.3, 0.4) is 0 Å². The van der Waals surface area contributed by atoms with E-state index >= 15 is 0 Å². The van der Waals surface area contributed by atoms with Crippen molar-refractivity contribution >= 4 is 11.4 Å². The number of nitro benzene ring substituents is 1. The van der Waals surface area contributed by atoms with Gasteiger partial charge in [-0.2, -0.15) is 0 Å². The molecule has 1 atom stereocenters. The highest BCUT2D eigenvalue weighted by Crippen LogP contribution is 2.22. The van der Waals surface area contributed by atoms with Crippen LogP contribution in [-0.2, 0) is 0 Å². The molecule has 0 aliphatic carbocycles. The fourth-order valence-electron chi connectivity index (χ4n) is 1.63. The zero-order valence-corrected chi connectivity index (χ0v) is 10.3. The van der Waals surface area contributed by atoms with E-state index in [1.54, 1.807) is 12.1 Å². The second kappa shape index (κ2) is 6.03. The fraction of sp³-hybridized carbons (Fsp3) is 0.385. The fourth-order valence-corrected chi connectivity index (χ4v) is 1.63. The predicted octanol–water partition coefficient (Wildman–Crippen LogP) is 3.67. The molecule has 1 rings (SSSR count). The van der Waals surface area contributed by atoms with E-state index in [0.29, 0.717) is 6.04 Å². The predicted molar refractivity (Wildman–Crippen MR) is 70.3 cm³/mol. The Bertz CT molecular complexity index is 416. The number of nitrogens with one attached hydrogen (secondary N) is 1. The van der Waals surface area contributed by atoms with Gasteiger partial charge in [0.2, 0.25) is 0 Å². The lowest BCUT2D eigenvalue weighted by Crippen LogP contribution is -2.15. The molecule has 0 saturated heterocycles. The van der Waals surface area contributed by atoms with Gasteiger partial charge in [0.05, 0.1) is 4.92 Å². The molecule has 4 heteroatoms. The molecule has 0 aliphatic rings. The Morgan fingerprint density at radius 2 is 2.29 bits per heavy atom. The van der Waals surface area contributed by atoms with Gasteiger partial charge in [-0.05, 0) is 38.3 Å². The molecule has 0 aromatic heterocycles. The van der Waals surface area contributed by atoms with Crippen molar-refractivity contribution in [2.45, 2.75) is 32.7 Å². The SMILES string of the molecule is C=CCCC(C)Nc1ccc([N+](=O)[O-])cc1C. The van der Waals surface area contributed by atoms with Crippen molar-refractivity contribution in [1.29, 1.82) is 0 Å². The summed E-state index contributed by atoms with van der Waals surface area (Å²) >= 11 is 0. The molecule has 0 amide bonds. The molecule has 1 N–H and O–H groups in total. The molecule has 0 heterocycles. The third kappa shape index (κ3) is 3.90. The Kier molecular flexibility index (Phi) is 4.69. The van der Waals surface area contributed by atoms with Crippen molar-refractivity contribution < 1.29 is 4.92 Å². The highest BCUT2D eigenvalue weighted by Gasteiger charge is 2.09. The number of allylic oxidation sites excluding steroid dienone is 1. The lowest BCUT2D eigenvalue weighted by atomic mass is 10.1. The summed E-state index contributed by atoms with van der Waals surface area (Å²) in [6, 6.07) is 5.20. The van der Waals surface area contributed by atoms with Crippen LogP contribution in [0.15, 0.2) is 30.9 Å². The van der Waals surface area contributed by atoms with Crippen LogP contribution >= 0.6 is 0 Å². The zero-order chi connectivity index (χ0) is 12.8. The van der Waals surface area contributed by atoms with Crippen LogP contribution in [-0.4, -0.2) is 11.0 Å². The van der Waals surface area contributed by atoms with E-state index < -0.39 is 0 Å². The lowest BCUT2D eigenvalue weighted by Gasteiger charge is -2.16. The monoisotopic (exact) mass is 234 g/mol. The van der Waals surface area contributed by atoms with Crippen LogP contribution in [0.1, 0.15) is 25.3 Å². The first-order valence-electron chi connectivity index (χ1n) is 5.67. The molecule has 1 aromatic rings. The van der Waals surface area contributed by atoms with Crippen LogP contribution in [0.2, 0.25) is 0 Å². The van der Waals surface area contributed by atoms with Crippen LogP contribution < -0.4 is 5.32 Å². The average Bonchev–Trinajstić information content (AvgIpc) is 2.28. The van der Waals surface area contributed by atoms with E-state index in [1.807, 2.05) is 13.0 Å². The highest BCUT2D eigenvalue weighted by molar-refractivity contribution is 5.55. The minimum Gasteiger partial charge on any atom is -0.382 e. The first-order valence-corrected chi connectivity index (χ1v) is 5.67. The van der Waals surface area contributed by atoms with Crippen LogP contribution in [0.4, 0.5) is 11.4 Å².